The first-order chi connectivity index (χ1) is 18.1. The highest BCUT2D eigenvalue weighted by atomic mass is 16.3. The molecule has 0 aromatic carbocycles. The molecule has 39 heavy (non-hydrogen) atoms. The summed E-state index contributed by atoms with van der Waals surface area (Å²) in [6.45, 7) is 24.7. The van der Waals surface area contributed by atoms with Crippen molar-refractivity contribution in [1.82, 2.24) is 4.90 Å². The van der Waals surface area contributed by atoms with E-state index >= 15 is 0 Å². The molecule has 0 spiro atoms. The van der Waals surface area contributed by atoms with Crippen LogP contribution in [0, 0.1) is 51.4 Å². The number of fused-ring (bicyclic) bond motifs is 7. The summed E-state index contributed by atoms with van der Waals surface area (Å²) in [5.74, 6) is 1.07. The van der Waals surface area contributed by atoms with Gasteiger partial charge < -0.3 is 10.0 Å². The van der Waals surface area contributed by atoms with Gasteiger partial charge in [0.1, 0.15) is 5.76 Å². The van der Waals surface area contributed by atoms with E-state index in [4.69, 9.17) is 6.57 Å². The maximum atomic E-state index is 14.6. The van der Waals surface area contributed by atoms with Gasteiger partial charge in [0.25, 0.3) is 0 Å². The largest absolute Gasteiger partial charge is 0.523 e. The molecule has 0 aromatic rings. The van der Waals surface area contributed by atoms with Crippen LogP contribution in [-0.2, 0) is 9.59 Å². The van der Waals surface area contributed by atoms with Crippen LogP contribution in [0.15, 0.2) is 23.1 Å². The van der Waals surface area contributed by atoms with Crippen molar-refractivity contribution in [3.05, 3.63) is 34.5 Å². The van der Waals surface area contributed by atoms with Gasteiger partial charge in [-0.05, 0) is 97.4 Å². The molecule has 212 valence electrons. The van der Waals surface area contributed by atoms with Gasteiger partial charge >= 0.3 is 0 Å². The molecule has 5 aliphatic carbocycles. The lowest BCUT2D eigenvalue weighted by molar-refractivity contribution is -0.182. The fraction of sp³-hybridized carbons (Fsp3) is 0.794. The molecule has 0 radical (unpaired) electrons. The van der Waals surface area contributed by atoms with E-state index in [1.807, 2.05) is 6.08 Å². The number of likely N-dealkylation sites (tertiary alicyclic amines) is 1. The summed E-state index contributed by atoms with van der Waals surface area (Å²) >= 11 is 0. The number of rotatable bonds is 1. The summed E-state index contributed by atoms with van der Waals surface area (Å²) in [6, 6.07) is 0. The first-order valence-corrected chi connectivity index (χ1v) is 15.4. The highest BCUT2D eigenvalue weighted by Crippen LogP contribution is 2.74. The normalized spacial score (nSPS) is 46.5. The first-order valence-electron chi connectivity index (χ1n) is 15.4. The number of carbonyl (C=O) groups is 2. The van der Waals surface area contributed by atoms with Gasteiger partial charge in [0, 0.05) is 29.8 Å². The van der Waals surface area contributed by atoms with Gasteiger partial charge in [-0.15, -0.1) is 0 Å². The van der Waals surface area contributed by atoms with Crippen LogP contribution in [0.25, 0.3) is 4.85 Å². The van der Waals surface area contributed by atoms with Gasteiger partial charge in [-0.1, -0.05) is 54.0 Å². The summed E-state index contributed by atoms with van der Waals surface area (Å²) < 4.78 is 0. The number of allylic oxidation sites excluding steroid dienone is 4. The lowest BCUT2D eigenvalue weighted by atomic mass is 9.35. The number of aliphatic hydroxyl groups excluding tert-OH is 1. The molecule has 1 N–H and O–H groups in total. The lowest BCUT2D eigenvalue weighted by Crippen LogP contribution is -2.69. The smallest absolute Gasteiger partial charge is 0.223 e. The predicted molar refractivity (Wildman–Crippen MR) is 152 cm³/mol. The third kappa shape index (κ3) is 3.24. The van der Waals surface area contributed by atoms with Crippen molar-refractivity contribution in [2.75, 3.05) is 6.54 Å². The van der Waals surface area contributed by atoms with E-state index < -0.39 is 5.41 Å². The number of ketones is 1. The molecule has 4 fully saturated rings. The fourth-order valence-electron chi connectivity index (χ4n) is 11.5. The maximum Gasteiger partial charge on any atom is 0.223 e. The molecule has 7 atom stereocenters. The molecule has 1 saturated heterocycles. The summed E-state index contributed by atoms with van der Waals surface area (Å²) in [5.41, 5.74) is 0.477. The highest BCUT2D eigenvalue weighted by molar-refractivity contribution is 5.95. The van der Waals surface area contributed by atoms with Gasteiger partial charge in [-0.25, -0.2) is 4.85 Å². The van der Waals surface area contributed by atoms with E-state index in [9.17, 15) is 14.7 Å². The second kappa shape index (κ2) is 8.01. The molecule has 1 aliphatic heterocycles. The lowest BCUT2D eigenvalue weighted by Gasteiger charge is -2.70. The van der Waals surface area contributed by atoms with E-state index in [-0.39, 0.29) is 56.5 Å². The average molecular weight is 533 g/mol. The maximum absolute atomic E-state index is 14.6. The minimum Gasteiger partial charge on any atom is -0.523 e. The Morgan fingerprint density at radius 3 is 2.33 bits per heavy atom. The van der Waals surface area contributed by atoms with Crippen molar-refractivity contribution >= 4 is 11.7 Å². The topological polar surface area (TPSA) is 62.0 Å². The van der Waals surface area contributed by atoms with Crippen LogP contribution in [0.1, 0.15) is 113 Å². The van der Waals surface area contributed by atoms with Crippen LogP contribution >= 0.6 is 0 Å². The molecule has 0 unspecified atom stereocenters. The second-order valence-corrected chi connectivity index (χ2v) is 16.2. The van der Waals surface area contributed by atoms with Gasteiger partial charge in [0.05, 0.1) is 6.57 Å². The van der Waals surface area contributed by atoms with Crippen molar-refractivity contribution < 1.29 is 14.7 Å². The van der Waals surface area contributed by atoms with Crippen molar-refractivity contribution in [3.63, 3.8) is 0 Å². The predicted octanol–water partition coefficient (Wildman–Crippen LogP) is 7.64. The first kappa shape index (κ1) is 27.1. The molecule has 1 amide bonds. The standard InChI is InChI=1S/C34H48N2O3/c1-29(2)13-15-34(36-17-9-10-26(36)38)16-14-33(7)27(21(34)19-29)23(37)18-25-31(5)20-22(35-8)28(39)30(3,4)24(31)11-12-32(25,33)6/h18,21,24,27,39H,9-17,19-20H2,1-7H3/t21-,24-,27-,31-,32+,33+,34-/m0/s1. The van der Waals surface area contributed by atoms with Crippen LogP contribution in [0.3, 0.4) is 0 Å². The molecular weight excluding hydrogens is 484 g/mol. The highest BCUT2D eigenvalue weighted by Gasteiger charge is 2.70. The summed E-state index contributed by atoms with van der Waals surface area (Å²) in [4.78, 5) is 33.9. The molecule has 3 saturated carbocycles. The number of aliphatic hydroxyl groups is 1. The van der Waals surface area contributed by atoms with Crippen molar-refractivity contribution in [3.8, 4) is 0 Å². The molecule has 0 aromatic heterocycles. The Balaban J connectivity index is 1.50. The minimum absolute atomic E-state index is 0.0889. The van der Waals surface area contributed by atoms with Gasteiger partial charge in [-0.3, -0.25) is 9.59 Å². The molecule has 5 heteroatoms. The van der Waals surface area contributed by atoms with Gasteiger partial charge in [0.15, 0.2) is 5.78 Å². The Kier molecular flexibility index (Phi) is 5.57. The monoisotopic (exact) mass is 532 g/mol. The van der Waals surface area contributed by atoms with Gasteiger partial charge in [-0.2, -0.15) is 0 Å². The molecular formula is C34H48N2O3. The van der Waals surface area contributed by atoms with E-state index in [0.29, 0.717) is 24.4 Å². The summed E-state index contributed by atoms with van der Waals surface area (Å²) in [7, 11) is 0. The van der Waals surface area contributed by atoms with Crippen molar-refractivity contribution in [2.45, 2.75) is 118 Å². The molecule has 5 nitrogen and oxygen atoms in total. The Bertz CT molecular complexity index is 1250. The summed E-state index contributed by atoms with van der Waals surface area (Å²) in [6.07, 6.45) is 11.2. The van der Waals surface area contributed by atoms with E-state index in [2.05, 4.69) is 58.2 Å². The number of hydrogen-bond acceptors (Lipinski definition) is 3. The second-order valence-electron chi connectivity index (χ2n) is 16.2. The third-order valence-electron chi connectivity index (χ3n) is 13.7. The number of hydrogen-bond donors (Lipinski definition) is 1. The third-order valence-corrected chi connectivity index (χ3v) is 13.7. The Hall–Kier alpha value is -2.09. The van der Waals surface area contributed by atoms with E-state index in [0.717, 1.165) is 57.9 Å². The van der Waals surface area contributed by atoms with Crippen LogP contribution < -0.4 is 0 Å². The zero-order valence-corrected chi connectivity index (χ0v) is 25.2. The van der Waals surface area contributed by atoms with Crippen LogP contribution in [0.4, 0.5) is 0 Å². The van der Waals surface area contributed by atoms with Crippen molar-refractivity contribution in [2.24, 2.45) is 44.8 Å². The zero-order chi connectivity index (χ0) is 28.4. The SMILES string of the molecule is [C-]#[N+]C1=C(O)C(C)(C)[C@@H]2CC[C@]3(C)C(=CC(=O)[C@@H]4[C@@H]5CC(C)(C)CC[C@]5(N5CCCC5=O)CC[C@]43C)[C@@]2(C)C1. The van der Waals surface area contributed by atoms with E-state index in [1.54, 1.807) is 0 Å². The zero-order valence-electron chi connectivity index (χ0n) is 25.2. The minimum atomic E-state index is -0.499. The fourth-order valence-corrected chi connectivity index (χ4v) is 11.5. The number of nitrogens with zero attached hydrogens (tertiary/aromatic N) is 2. The molecule has 0 bridgehead atoms. The van der Waals surface area contributed by atoms with E-state index in [1.165, 1.54) is 5.57 Å². The average Bonchev–Trinajstić information content (AvgIpc) is 3.29. The molecule has 6 aliphatic rings. The quantitative estimate of drug-likeness (QED) is 0.353. The number of carbonyl (C=O) groups excluding carboxylic acids is 2. The Labute approximate surface area is 235 Å². The van der Waals surface area contributed by atoms with Crippen LogP contribution in [-0.4, -0.2) is 33.8 Å². The Morgan fingerprint density at radius 2 is 1.69 bits per heavy atom. The summed E-state index contributed by atoms with van der Waals surface area (Å²) in [5, 5.41) is 11.1. The van der Waals surface area contributed by atoms with Crippen molar-refractivity contribution in [1.29, 1.82) is 0 Å². The van der Waals surface area contributed by atoms with Crippen LogP contribution in [0.5, 0.6) is 0 Å². The molecule has 6 rings (SSSR count). The van der Waals surface area contributed by atoms with Crippen LogP contribution in [0.2, 0.25) is 0 Å². The Morgan fingerprint density at radius 1 is 1.00 bits per heavy atom. The number of amides is 1. The van der Waals surface area contributed by atoms with Gasteiger partial charge in [0.2, 0.25) is 11.6 Å². The molecule has 1 heterocycles.